The Balaban J connectivity index is 1.21. The van der Waals surface area contributed by atoms with Gasteiger partial charge in [-0.3, -0.25) is 39.7 Å². The Labute approximate surface area is 326 Å². The molecule has 0 saturated heterocycles. The molecular formula is C33H28N10O13S2. The van der Waals surface area contributed by atoms with E-state index in [-0.39, 0.29) is 69.6 Å². The number of nitrogens with one attached hydrogen (secondary N) is 6. The van der Waals surface area contributed by atoms with Gasteiger partial charge < -0.3 is 20.1 Å². The van der Waals surface area contributed by atoms with Crippen LogP contribution in [0.1, 0.15) is 66.4 Å². The molecule has 0 saturated carbocycles. The number of benzene rings is 2. The number of nitrogens with zero attached hydrogens (tertiary/aromatic N) is 4. The van der Waals surface area contributed by atoms with Gasteiger partial charge in [0.25, 0.3) is 20.2 Å². The second-order valence-electron chi connectivity index (χ2n) is 11.7. The Morgan fingerprint density at radius 3 is 1.45 bits per heavy atom. The predicted molar refractivity (Wildman–Crippen MR) is 204 cm³/mol. The van der Waals surface area contributed by atoms with Crippen LogP contribution in [-0.2, 0) is 29.7 Å². The van der Waals surface area contributed by atoms with E-state index in [1.807, 2.05) is 0 Å². The number of fused-ring (bicyclic) bond motifs is 2. The summed E-state index contributed by atoms with van der Waals surface area (Å²) >= 11 is 0. The zero-order chi connectivity index (χ0) is 41.9. The summed E-state index contributed by atoms with van der Waals surface area (Å²) in [6, 6.07) is 6.71. The van der Waals surface area contributed by atoms with E-state index in [0.717, 1.165) is 24.5 Å². The highest BCUT2D eigenvalue weighted by molar-refractivity contribution is 7.91. The Hall–Kier alpha value is -7.35. The van der Waals surface area contributed by atoms with Crippen LogP contribution in [0, 0.1) is 0 Å². The van der Waals surface area contributed by atoms with Crippen LogP contribution in [0.4, 0.5) is 27.8 Å². The van der Waals surface area contributed by atoms with E-state index in [0.29, 0.717) is 0 Å². The molecule has 0 bridgehead atoms. The van der Waals surface area contributed by atoms with E-state index in [2.05, 4.69) is 52.1 Å². The molecule has 0 aliphatic heterocycles. The molecule has 2 aliphatic carbocycles. The maximum atomic E-state index is 13.4. The van der Waals surface area contributed by atoms with Gasteiger partial charge in [0.2, 0.25) is 11.6 Å². The van der Waals surface area contributed by atoms with Crippen LogP contribution < -0.4 is 21.5 Å². The molecule has 2 aliphatic rings. The molecule has 25 heteroatoms. The molecule has 4 aromatic rings. The fourth-order valence-electron chi connectivity index (χ4n) is 5.42. The van der Waals surface area contributed by atoms with E-state index < -0.39 is 71.0 Å². The van der Waals surface area contributed by atoms with Gasteiger partial charge in [0.15, 0.2) is 23.1 Å². The van der Waals surface area contributed by atoms with Crippen molar-refractivity contribution in [1.29, 1.82) is 0 Å². The van der Waals surface area contributed by atoms with Gasteiger partial charge in [0.1, 0.15) is 20.9 Å². The highest BCUT2D eigenvalue weighted by Gasteiger charge is 2.35. The van der Waals surface area contributed by atoms with Gasteiger partial charge in [-0.05, 0) is 73.5 Å². The van der Waals surface area contributed by atoms with Crippen molar-refractivity contribution < 1.29 is 59.4 Å². The van der Waals surface area contributed by atoms with Crippen molar-refractivity contribution in [3.05, 3.63) is 92.0 Å². The molecule has 0 spiro atoms. The first-order chi connectivity index (χ1) is 27.5. The lowest BCUT2D eigenvalue weighted by Crippen LogP contribution is -2.28. The number of hydrazone groups is 2. The van der Waals surface area contributed by atoms with Crippen molar-refractivity contribution in [3.63, 3.8) is 0 Å². The number of esters is 2. The van der Waals surface area contributed by atoms with Crippen molar-refractivity contribution in [2.75, 3.05) is 34.7 Å². The Bertz CT molecular complexity index is 2580. The highest BCUT2D eigenvalue weighted by atomic mass is 32.2. The molecule has 2 aromatic heterocycles. The lowest BCUT2D eigenvalue weighted by Gasteiger charge is -2.18. The van der Waals surface area contributed by atoms with E-state index in [1.54, 1.807) is 13.8 Å². The number of ketones is 2. The third kappa shape index (κ3) is 8.40. The van der Waals surface area contributed by atoms with Crippen molar-refractivity contribution >= 4 is 96.4 Å². The monoisotopic (exact) mass is 836 g/mol. The van der Waals surface area contributed by atoms with Gasteiger partial charge >= 0.3 is 18.0 Å². The molecule has 2 aromatic carbocycles. The molecule has 6 rings (SSSR count). The molecular weight excluding hydrogens is 809 g/mol. The van der Waals surface area contributed by atoms with E-state index in [4.69, 9.17) is 9.47 Å². The van der Waals surface area contributed by atoms with E-state index >= 15 is 0 Å². The van der Waals surface area contributed by atoms with E-state index in [1.165, 1.54) is 36.4 Å². The first-order valence-electron chi connectivity index (χ1n) is 16.4. The number of carbonyl (C=O) groups excluding carboxylic acids is 5. The van der Waals surface area contributed by atoms with Crippen LogP contribution in [0.3, 0.4) is 0 Å². The zero-order valence-corrected chi connectivity index (χ0v) is 31.3. The van der Waals surface area contributed by atoms with Gasteiger partial charge in [-0.2, -0.15) is 37.2 Å². The minimum Gasteiger partial charge on any atom is -0.462 e. The maximum absolute atomic E-state index is 13.4. The topological polar surface area (TPSA) is 343 Å². The molecule has 58 heavy (non-hydrogen) atoms. The SMILES string of the molecule is CCOC(=O)c1cn[nH]c1N/N=C1\C(=O)c2ccc(NC(=O)Nc3ccc4c(c3)C=C(S(=O)(=O)O)/C(=N/Nc3[nH]ncc3C(=O)OCC)C4=O)cc2C=C1S(=O)(=O)O. The van der Waals surface area contributed by atoms with Crippen LogP contribution >= 0.6 is 0 Å². The largest absolute Gasteiger partial charge is 0.462 e. The summed E-state index contributed by atoms with van der Waals surface area (Å²) in [7, 11) is -10.1. The Morgan fingerprint density at radius 1 is 0.690 bits per heavy atom. The number of hydrogen-bond donors (Lipinski definition) is 8. The lowest BCUT2D eigenvalue weighted by molar-refractivity contribution is 0.0518. The predicted octanol–water partition coefficient (Wildman–Crippen LogP) is 2.92. The molecule has 8 N–H and O–H groups in total. The van der Waals surface area contributed by atoms with Crippen molar-refractivity contribution in [2.24, 2.45) is 10.2 Å². The number of aromatic nitrogens is 4. The van der Waals surface area contributed by atoms with Gasteiger partial charge in [0.05, 0.1) is 25.6 Å². The summed E-state index contributed by atoms with van der Waals surface area (Å²) < 4.78 is 79.1. The third-order valence-electron chi connectivity index (χ3n) is 7.96. The van der Waals surface area contributed by atoms with Crippen LogP contribution in [0.2, 0.25) is 0 Å². The van der Waals surface area contributed by atoms with Crippen molar-refractivity contribution in [2.45, 2.75) is 13.8 Å². The van der Waals surface area contributed by atoms with Crippen LogP contribution in [0.15, 0.2) is 68.8 Å². The summed E-state index contributed by atoms with van der Waals surface area (Å²) in [5.74, 6) is -3.72. The number of rotatable bonds is 12. The molecule has 23 nitrogen and oxygen atoms in total. The minimum absolute atomic E-state index is 0.0325. The second kappa shape index (κ2) is 16.0. The number of amides is 2. The number of anilines is 4. The molecule has 2 amide bonds. The first-order valence-corrected chi connectivity index (χ1v) is 19.3. The standard InChI is InChI=1S/C33H28N10O13S2/c1-3-55-31(46)21-13-34-40-29(21)42-38-25-23(57(49,50)51)11-15-9-17(5-7-19(15)27(25)44)36-33(48)37-18-6-8-20-16(10-18)12-24(58(52,53)54)26(28(20)45)39-43-30-22(14-35-41-30)32(47)56-4-2/h5-14H,3-4H2,1-2H3,(H2,34,40,42)(H2,35,41,43)(H2,36,37,48)(H,49,50,51)(H,52,53,54)/b38-25-,39-26-. The van der Waals surface area contributed by atoms with Gasteiger partial charge in [0, 0.05) is 22.5 Å². The average Bonchev–Trinajstić information content (AvgIpc) is 3.83. The van der Waals surface area contributed by atoms with Crippen molar-refractivity contribution in [3.8, 4) is 0 Å². The molecule has 0 fully saturated rings. The number of ether oxygens (including phenoxy) is 2. The smallest absolute Gasteiger partial charge is 0.343 e. The van der Waals surface area contributed by atoms with Crippen LogP contribution in [-0.4, -0.2) is 101 Å². The van der Waals surface area contributed by atoms with Gasteiger partial charge in [-0.15, -0.1) is 0 Å². The molecule has 0 atom stereocenters. The summed E-state index contributed by atoms with van der Waals surface area (Å²) in [6.07, 6.45) is 4.12. The molecule has 0 unspecified atom stereocenters. The number of carbonyl (C=O) groups is 5. The summed E-state index contributed by atoms with van der Waals surface area (Å²) in [5.41, 5.74) is 2.93. The molecule has 300 valence electrons. The average molecular weight is 837 g/mol. The zero-order valence-electron chi connectivity index (χ0n) is 29.7. The maximum Gasteiger partial charge on any atom is 0.343 e. The number of Topliss-reactive ketones (excluding diaryl/α,β-unsaturated/α-hetero) is 2. The summed E-state index contributed by atoms with van der Waals surface area (Å²) in [5, 5.41) is 24.9. The van der Waals surface area contributed by atoms with Crippen LogP contribution in [0.5, 0.6) is 0 Å². The third-order valence-corrected chi connectivity index (χ3v) is 9.70. The number of aromatic amines is 2. The van der Waals surface area contributed by atoms with Crippen molar-refractivity contribution in [1.82, 2.24) is 20.4 Å². The van der Waals surface area contributed by atoms with E-state index in [9.17, 15) is 49.9 Å². The molecule has 0 radical (unpaired) electrons. The minimum atomic E-state index is -5.06. The second-order valence-corrected chi connectivity index (χ2v) is 14.5. The first kappa shape index (κ1) is 40.3. The summed E-state index contributed by atoms with van der Waals surface area (Å²) in [4.78, 5) is 62.4. The number of allylic oxidation sites excluding steroid dienone is 2. The van der Waals surface area contributed by atoms with Crippen LogP contribution in [0.25, 0.3) is 12.2 Å². The van der Waals surface area contributed by atoms with Gasteiger partial charge in [-0.25, -0.2) is 14.4 Å². The molecule has 2 heterocycles. The number of urea groups is 1. The fourth-order valence-corrected chi connectivity index (χ4v) is 6.74. The highest BCUT2D eigenvalue weighted by Crippen LogP contribution is 2.30. The number of H-pyrrole nitrogens is 2. The number of hydrogen-bond acceptors (Lipinski definition) is 17. The lowest BCUT2D eigenvalue weighted by atomic mass is 9.94. The van der Waals surface area contributed by atoms with Gasteiger partial charge in [-0.1, -0.05) is 0 Å². The summed E-state index contributed by atoms with van der Waals surface area (Å²) in [6.45, 7) is 3.24. The Morgan fingerprint density at radius 2 is 1.09 bits per heavy atom. The quantitative estimate of drug-likeness (QED) is 0.0577. The fraction of sp³-hybridized carbons (Fsp3) is 0.121. The normalized spacial score (nSPS) is 15.2. The Kier molecular flexibility index (Phi) is 11.1.